The van der Waals surface area contributed by atoms with Crippen LogP contribution in [-0.4, -0.2) is 13.0 Å². The van der Waals surface area contributed by atoms with Gasteiger partial charge in [0, 0.05) is 11.5 Å². The molecule has 2 rings (SSSR count). The lowest BCUT2D eigenvalue weighted by Crippen LogP contribution is -2.33. The summed E-state index contributed by atoms with van der Waals surface area (Å²) in [6.45, 7) is 1.77. The van der Waals surface area contributed by atoms with Crippen LogP contribution in [0.1, 0.15) is 11.1 Å². The highest BCUT2D eigenvalue weighted by Crippen LogP contribution is 2.24. The predicted octanol–water partition coefficient (Wildman–Crippen LogP) is 0.642. The number of benzene rings is 1. The van der Waals surface area contributed by atoms with E-state index < -0.39 is 11.5 Å². The van der Waals surface area contributed by atoms with E-state index in [1.807, 2.05) is 5.43 Å². The SMILES string of the molecule is COc1ccc2c(C)c(CC(=O)NN)c(=O)oc2c1. The monoisotopic (exact) mass is 262 g/mol. The molecule has 0 unspecified atom stereocenters. The zero-order valence-electron chi connectivity index (χ0n) is 10.6. The van der Waals surface area contributed by atoms with Crippen LogP contribution in [0.15, 0.2) is 27.4 Å². The summed E-state index contributed by atoms with van der Waals surface area (Å²) in [7, 11) is 1.53. The first-order valence-corrected chi connectivity index (χ1v) is 5.66. The van der Waals surface area contributed by atoms with Crippen LogP contribution in [0.5, 0.6) is 5.75 Å². The average Bonchev–Trinajstić information content (AvgIpc) is 2.42. The number of rotatable bonds is 3. The third-order valence-corrected chi connectivity index (χ3v) is 2.99. The summed E-state index contributed by atoms with van der Waals surface area (Å²) < 4.78 is 10.3. The lowest BCUT2D eigenvalue weighted by Gasteiger charge is -2.08. The Balaban J connectivity index is 2.62. The topological polar surface area (TPSA) is 94.6 Å². The molecule has 0 aliphatic heterocycles. The molecule has 0 saturated carbocycles. The van der Waals surface area contributed by atoms with Gasteiger partial charge >= 0.3 is 5.63 Å². The Morgan fingerprint density at radius 1 is 1.47 bits per heavy atom. The summed E-state index contributed by atoms with van der Waals surface area (Å²) >= 11 is 0. The first-order chi connectivity index (χ1) is 9.06. The van der Waals surface area contributed by atoms with E-state index in [4.69, 9.17) is 15.0 Å². The van der Waals surface area contributed by atoms with Crippen molar-refractivity contribution in [2.75, 3.05) is 7.11 Å². The van der Waals surface area contributed by atoms with Gasteiger partial charge in [-0.25, -0.2) is 10.6 Å². The third kappa shape index (κ3) is 2.43. The van der Waals surface area contributed by atoms with Crippen molar-refractivity contribution in [3.05, 3.63) is 39.7 Å². The zero-order valence-corrected chi connectivity index (χ0v) is 10.6. The van der Waals surface area contributed by atoms with Gasteiger partial charge in [0.05, 0.1) is 19.1 Å². The Hall–Kier alpha value is -2.34. The molecule has 0 atom stereocenters. The van der Waals surface area contributed by atoms with Crippen LogP contribution in [0.4, 0.5) is 0 Å². The van der Waals surface area contributed by atoms with E-state index in [2.05, 4.69) is 0 Å². The molecule has 3 N–H and O–H groups in total. The Bertz CT molecular complexity index is 691. The van der Waals surface area contributed by atoms with Gasteiger partial charge in [0.2, 0.25) is 5.91 Å². The van der Waals surface area contributed by atoms with Crippen molar-refractivity contribution in [2.24, 2.45) is 5.84 Å². The Kier molecular flexibility index (Phi) is 3.52. The lowest BCUT2D eigenvalue weighted by molar-refractivity contribution is -0.120. The molecule has 2 aromatic rings. The predicted molar refractivity (Wildman–Crippen MR) is 69.8 cm³/mol. The standard InChI is InChI=1S/C13H14N2O4/c1-7-9-4-3-8(18-2)5-11(9)19-13(17)10(7)6-12(16)15-14/h3-5H,6,14H2,1-2H3,(H,15,16). The van der Waals surface area contributed by atoms with Crippen molar-refractivity contribution in [1.29, 1.82) is 0 Å². The smallest absolute Gasteiger partial charge is 0.340 e. The number of ether oxygens (including phenoxy) is 1. The van der Waals surface area contributed by atoms with Gasteiger partial charge in [0.25, 0.3) is 0 Å². The lowest BCUT2D eigenvalue weighted by atomic mass is 10.0. The first kappa shape index (κ1) is 13.1. The van der Waals surface area contributed by atoms with Gasteiger partial charge in [-0.1, -0.05) is 0 Å². The van der Waals surface area contributed by atoms with E-state index in [-0.39, 0.29) is 6.42 Å². The second kappa shape index (κ2) is 5.11. The molecule has 0 spiro atoms. The van der Waals surface area contributed by atoms with Crippen molar-refractivity contribution < 1.29 is 13.9 Å². The highest BCUT2D eigenvalue weighted by Gasteiger charge is 2.14. The van der Waals surface area contributed by atoms with Crippen LogP contribution in [-0.2, 0) is 11.2 Å². The van der Waals surface area contributed by atoms with Crippen molar-refractivity contribution in [3.8, 4) is 5.75 Å². The number of hydrogen-bond acceptors (Lipinski definition) is 5. The molecule has 0 saturated heterocycles. The van der Waals surface area contributed by atoms with Crippen molar-refractivity contribution in [1.82, 2.24) is 5.43 Å². The molecule has 6 heteroatoms. The number of fused-ring (bicyclic) bond motifs is 1. The molecule has 100 valence electrons. The van der Waals surface area contributed by atoms with Crippen LogP contribution >= 0.6 is 0 Å². The number of amides is 1. The van der Waals surface area contributed by atoms with Crippen LogP contribution in [0.25, 0.3) is 11.0 Å². The van der Waals surface area contributed by atoms with E-state index in [0.717, 1.165) is 5.39 Å². The van der Waals surface area contributed by atoms with Crippen LogP contribution in [0.2, 0.25) is 0 Å². The largest absolute Gasteiger partial charge is 0.497 e. The van der Waals surface area contributed by atoms with Crippen LogP contribution in [0, 0.1) is 6.92 Å². The van der Waals surface area contributed by atoms with Crippen molar-refractivity contribution in [3.63, 3.8) is 0 Å². The van der Waals surface area contributed by atoms with E-state index in [0.29, 0.717) is 22.5 Å². The molecule has 1 heterocycles. The van der Waals surface area contributed by atoms with Gasteiger partial charge in [-0.15, -0.1) is 0 Å². The summed E-state index contributed by atoms with van der Waals surface area (Å²) in [5.41, 5.74) is 2.90. The second-order valence-corrected chi connectivity index (χ2v) is 4.10. The third-order valence-electron chi connectivity index (χ3n) is 2.99. The minimum Gasteiger partial charge on any atom is -0.497 e. The van der Waals surface area contributed by atoms with Gasteiger partial charge in [0.15, 0.2) is 0 Å². The molecule has 1 aromatic heterocycles. The number of methoxy groups -OCH3 is 1. The molecule has 0 fully saturated rings. The molecular formula is C13H14N2O4. The number of hydrogen-bond donors (Lipinski definition) is 2. The number of nitrogens with two attached hydrogens (primary N) is 1. The molecule has 1 amide bonds. The fraction of sp³-hybridized carbons (Fsp3) is 0.231. The summed E-state index contributed by atoms with van der Waals surface area (Å²) in [6, 6.07) is 5.19. The maximum atomic E-state index is 11.9. The average molecular weight is 262 g/mol. The Labute approximate surface area is 109 Å². The molecule has 0 bridgehead atoms. The molecule has 0 aliphatic rings. The van der Waals surface area contributed by atoms with Gasteiger partial charge in [-0.05, 0) is 24.6 Å². The van der Waals surface area contributed by atoms with Gasteiger partial charge in [-0.3, -0.25) is 10.2 Å². The van der Waals surface area contributed by atoms with E-state index in [1.165, 1.54) is 7.11 Å². The van der Waals surface area contributed by atoms with Crippen LogP contribution < -0.4 is 21.6 Å². The zero-order chi connectivity index (χ0) is 14.0. The minimum absolute atomic E-state index is 0.105. The summed E-state index contributed by atoms with van der Waals surface area (Å²) in [5.74, 6) is 5.18. The first-order valence-electron chi connectivity index (χ1n) is 5.66. The molecule has 6 nitrogen and oxygen atoms in total. The van der Waals surface area contributed by atoms with Crippen molar-refractivity contribution in [2.45, 2.75) is 13.3 Å². The maximum absolute atomic E-state index is 11.9. The quantitative estimate of drug-likeness (QED) is 0.366. The number of aryl methyl sites for hydroxylation is 1. The summed E-state index contributed by atoms with van der Waals surface area (Å²) in [5, 5.41) is 0.764. The maximum Gasteiger partial charge on any atom is 0.340 e. The number of carbonyl (C=O) groups is 1. The van der Waals surface area contributed by atoms with Crippen molar-refractivity contribution >= 4 is 16.9 Å². The highest BCUT2D eigenvalue weighted by molar-refractivity contribution is 5.85. The molecule has 19 heavy (non-hydrogen) atoms. The Morgan fingerprint density at radius 3 is 2.84 bits per heavy atom. The molecular weight excluding hydrogens is 248 g/mol. The summed E-state index contributed by atoms with van der Waals surface area (Å²) in [6.07, 6.45) is -0.105. The highest BCUT2D eigenvalue weighted by atomic mass is 16.5. The van der Waals surface area contributed by atoms with E-state index in [9.17, 15) is 9.59 Å². The number of nitrogens with one attached hydrogen (secondary N) is 1. The van der Waals surface area contributed by atoms with Gasteiger partial charge in [-0.2, -0.15) is 0 Å². The normalized spacial score (nSPS) is 10.5. The van der Waals surface area contributed by atoms with E-state index >= 15 is 0 Å². The molecule has 0 radical (unpaired) electrons. The minimum atomic E-state index is -0.540. The fourth-order valence-corrected chi connectivity index (χ4v) is 1.92. The number of hydrazine groups is 1. The van der Waals surface area contributed by atoms with Gasteiger partial charge in [0.1, 0.15) is 11.3 Å². The number of carbonyl (C=O) groups excluding carboxylic acids is 1. The molecule has 0 aliphatic carbocycles. The Morgan fingerprint density at radius 2 is 2.21 bits per heavy atom. The summed E-state index contributed by atoms with van der Waals surface area (Å²) in [4.78, 5) is 23.2. The fourth-order valence-electron chi connectivity index (χ4n) is 1.92. The van der Waals surface area contributed by atoms with E-state index in [1.54, 1.807) is 25.1 Å². The van der Waals surface area contributed by atoms with Gasteiger partial charge < -0.3 is 9.15 Å². The second-order valence-electron chi connectivity index (χ2n) is 4.10. The van der Waals surface area contributed by atoms with Crippen LogP contribution in [0.3, 0.4) is 0 Å². The molecule has 1 aromatic carbocycles.